The third kappa shape index (κ3) is 3.34. The molecule has 2 aromatic rings. The molecule has 17 heavy (non-hydrogen) atoms. The van der Waals surface area contributed by atoms with Gasteiger partial charge in [-0.25, -0.2) is 0 Å². The highest BCUT2D eigenvalue weighted by molar-refractivity contribution is 7.84. The fourth-order valence-electron chi connectivity index (χ4n) is 1.64. The number of hydrogen-bond donors (Lipinski definition) is 1. The Morgan fingerprint density at radius 2 is 2.41 bits per heavy atom. The minimum absolute atomic E-state index is 0.248. The molecule has 2 unspecified atom stereocenters. The van der Waals surface area contributed by atoms with E-state index in [1.54, 1.807) is 17.6 Å². The molecular formula is C12H16N2OS2. The predicted octanol–water partition coefficient (Wildman–Crippen LogP) is 2.33. The Morgan fingerprint density at radius 1 is 1.59 bits per heavy atom. The van der Waals surface area contributed by atoms with Crippen molar-refractivity contribution in [2.75, 3.05) is 18.6 Å². The lowest BCUT2D eigenvalue weighted by molar-refractivity contribution is 0.596. The van der Waals surface area contributed by atoms with Gasteiger partial charge in [-0.15, -0.1) is 11.3 Å². The molecule has 92 valence electrons. The first-order valence-electron chi connectivity index (χ1n) is 5.53. The van der Waals surface area contributed by atoms with Crippen molar-refractivity contribution >= 4 is 32.4 Å². The van der Waals surface area contributed by atoms with E-state index in [-0.39, 0.29) is 6.04 Å². The van der Waals surface area contributed by atoms with Crippen LogP contribution >= 0.6 is 11.3 Å². The number of aromatic nitrogens is 1. The predicted molar refractivity (Wildman–Crippen MR) is 75.0 cm³/mol. The second-order valence-electron chi connectivity index (χ2n) is 4.03. The zero-order chi connectivity index (χ0) is 12.3. The maximum Gasteiger partial charge on any atom is 0.0809 e. The van der Waals surface area contributed by atoms with E-state index >= 15 is 0 Å². The number of nitrogens with one attached hydrogen (secondary N) is 1. The highest BCUT2D eigenvalue weighted by Gasteiger charge is 2.07. The summed E-state index contributed by atoms with van der Waals surface area (Å²) in [5.41, 5.74) is 2.24. The van der Waals surface area contributed by atoms with Crippen molar-refractivity contribution < 1.29 is 4.21 Å². The second-order valence-corrected chi connectivity index (χ2v) is 6.53. The van der Waals surface area contributed by atoms with Crippen LogP contribution < -0.4 is 5.32 Å². The number of thiophene rings is 1. The number of fused-ring (bicyclic) bond motifs is 1. The molecule has 5 heteroatoms. The molecule has 0 radical (unpaired) electrons. The Kier molecular flexibility index (Phi) is 4.25. The lowest BCUT2D eigenvalue weighted by atomic mass is 10.1. The van der Waals surface area contributed by atoms with E-state index < -0.39 is 10.8 Å². The van der Waals surface area contributed by atoms with Crippen molar-refractivity contribution in [2.24, 2.45) is 0 Å². The van der Waals surface area contributed by atoms with Gasteiger partial charge in [0.25, 0.3) is 0 Å². The van der Waals surface area contributed by atoms with Gasteiger partial charge in [0.2, 0.25) is 0 Å². The highest BCUT2D eigenvalue weighted by Crippen LogP contribution is 2.22. The summed E-state index contributed by atoms with van der Waals surface area (Å²) < 4.78 is 12.2. The summed E-state index contributed by atoms with van der Waals surface area (Å²) in [6, 6.07) is 4.45. The lowest BCUT2D eigenvalue weighted by Crippen LogP contribution is -2.23. The summed E-state index contributed by atoms with van der Waals surface area (Å²) >= 11 is 1.71. The van der Waals surface area contributed by atoms with Gasteiger partial charge >= 0.3 is 0 Å². The maximum absolute atomic E-state index is 11.0. The third-order valence-corrected chi connectivity index (χ3v) is 4.30. The van der Waals surface area contributed by atoms with E-state index in [0.717, 1.165) is 12.1 Å². The van der Waals surface area contributed by atoms with Gasteiger partial charge < -0.3 is 5.32 Å². The van der Waals surface area contributed by atoms with Gasteiger partial charge in [-0.2, -0.15) is 0 Å². The molecule has 2 aromatic heterocycles. The summed E-state index contributed by atoms with van der Waals surface area (Å²) in [6.07, 6.45) is 3.64. The molecule has 0 aliphatic rings. The Bertz CT molecular complexity index is 524. The number of pyridine rings is 1. The van der Waals surface area contributed by atoms with Gasteiger partial charge in [0, 0.05) is 41.6 Å². The molecule has 1 N–H and O–H groups in total. The molecule has 3 nitrogen and oxygen atoms in total. The van der Waals surface area contributed by atoms with E-state index in [1.165, 1.54) is 10.3 Å². The molecule has 0 amide bonds. The van der Waals surface area contributed by atoms with Crippen LogP contribution in [0.5, 0.6) is 0 Å². The van der Waals surface area contributed by atoms with Gasteiger partial charge in [-0.05, 0) is 30.0 Å². The Hall–Kier alpha value is -0.780. The van der Waals surface area contributed by atoms with E-state index in [2.05, 4.69) is 28.7 Å². The maximum atomic E-state index is 11.0. The number of hydrogen-bond acceptors (Lipinski definition) is 4. The van der Waals surface area contributed by atoms with Crippen LogP contribution in [-0.4, -0.2) is 27.7 Å². The summed E-state index contributed by atoms with van der Waals surface area (Å²) in [6.45, 7) is 2.88. The average molecular weight is 268 g/mol. The van der Waals surface area contributed by atoms with Gasteiger partial charge in [-0.1, -0.05) is 0 Å². The third-order valence-electron chi connectivity index (χ3n) is 2.66. The largest absolute Gasteiger partial charge is 0.309 e. The highest BCUT2D eigenvalue weighted by atomic mass is 32.2. The van der Waals surface area contributed by atoms with Crippen molar-refractivity contribution in [1.82, 2.24) is 10.3 Å². The first-order valence-corrected chi connectivity index (χ1v) is 8.14. The topological polar surface area (TPSA) is 42.0 Å². The van der Waals surface area contributed by atoms with E-state index in [9.17, 15) is 4.21 Å². The standard InChI is InChI=1S/C12H16N2OS2/c1-9(13-4-6-17(2)15)10-7-12-11(14-8-10)3-5-16-12/h3,5,7-9,13H,4,6H2,1-2H3. The molecule has 0 spiro atoms. The van der Waals surface area contributed by atoms with Crippen molar-refractivity contribution in [3.63, 3.8) is 0 Å². The molecule has 0 aromatic carbocycles. The normalized spacial score (nSPS) is 14.9. The molecule has 0 saturated carbocycles. The van der Waals surface area contributed by atoms with Crippen molar-refractivity contribution in [3.05, 3.63) is 29.3 Å². The molecular weight excluding hydrogens is 252 g/mol. The Balaban J connectivity index is 2.02. The van der Waals surface area contributed by atoms with Crippen LogP contribution in [0.15, 0.2) is 23.7 Å². The molecule has 0 aliphatic carbocycles. The molecule has 0 bridgehead atoms. The van der Waals surface area contributed by atoms with Crippen LogP contribution in [0.1, 0.15) is 18.5 Å². The fraction of sp³-hybridized carbons (Fsp3) is 0.417. The van der Waals surface area contributed by atoms with Crippen molar-refractivity contribution in [3.8, 4) is 0 Å². The molecule has 2 rings (SSSR count). The summed E-state index contributed by atoms with van der Waals surface area (Å²) in [4.78, 5) is 4.42. The fourth-order valence-corrected chi connectivity index (χ4v) is 2.83. The van der Waals surface area contributed by atoms with E-state index in [1.807, 2.05) is 12.3 Å². The first-order chi connectivity index (χ1) is 8.16. The summed E-state index contributed by atoms with van der Waals surface area (Å²) in [5, 5.41) is 5.41. The molecule has 2 heterocycles. The summed E-state index contributed by atoms with van der Waals surface area (Å²) in [7, 11) is -0.730. The molecule has 0 saturated heterocycles. The van der Waals surface area contributed by atoms with Crippen LogP contribution in [0.25, 0.3) is 10.2 Å². The number of nitrogens with zero attached hydrogens (tertiary/aromatic N) is 1. The van der Waals surface area contributed by atoms with Crippen molar-refractivity contribution in [2.45, 2.75) is 13.0 Å². The van der Waals surface area contributed by atoms with Crippen LogP contribution in [0, 0.1) is 0 Å². The Morgan fingerprint density at radius 3 is 3.18 bits per heavy atom. The molecule has 0 aliphatic heterocycles. The minimum Gasteiger partial charge on any atom is -0.309 e. The zero-order valence-electron chi connectivity index (χ0n) is 9.97. The van der Waals surface area contributed by atoms with Gasteiger partial charge in [0.05, 0.1) is 10.2 Å². The average Bonchev–Trinajstić information content (AvgIpc) is 2.75. The Labute approximate surface area is 108 Å². The minimum atomic E-state index is -0.730. The SMILES string of the molecule is CC(NCCS(C)=O)c1cnc2ccsc2c1. The number of rotatable bonds is 5. The van der Waals surface area contributed by atoms with Gasteiger partial charge in [-0.3, -0.25) is 9.19 Å². The zero-order valence-corrected chi connectivity index (χ0v) is 11.6. The van der Waals surface area contributed by atoms with E-state index in [4.69, 9.17) is 0 Å². The quantitative estimate of drug-likeness (QED) is 0.905. The van der Waals surface area contributed by atoms with Crippen LogP contribution in [0.2, 0.25) is 0 Å². The van der Waals surface area contributed by atoms with Crippen LogP contribution in [0.3, 0.4) is 0 Å². The lowest BCUT2D eigenvalue weighted by Gasteiger charge is -2.13. The molecule has 0 fully saturated rings. The second kappa shape index (κ2) is 5.71. The smallest absolute Gasteiger partial charge is 0.0809 e. The summed E-state index contributed by atoms with van der Waals surface area (Å²) in [5.74, 6) is 0.693. The van der Waals surface area contributed by atoms with Gasteiger partial charge in [0.15, 0.2) is 0 Å². The molecule has 2 atom stereocenters. The van der Waals surface area contributed by atoms with E-state index in [0.29, 0.717) is 5.75 Å². The van der Waals surface area contributed by atoms with Crippen LogP contribution in [-0.2, 0) is 10.8 Å². The van der Waals surface area contributed by atoms with Gasteiger partial charge in [0.1, 0.15) is 0 Å². The first kappa shape index (κ1) is 12.7. The van der Waals surface area contributed by atoms with Crippen molar-refractivity contribution in [1.29, 1.82) is 0 Å². The van der Waals surface area contributed by atoms with Crippen LogP contribution in [0.4, 0.5) is 0 Å². The monoisotopic (exact) mass is 268 g/mol.